The van der Waals surface area contributed by atoms with Crippen molar-refractivity contribution in [1.82, 2.24) is 24.5 Å². The lowest BCUT2D eigenvalue weighted by Crippen LogP contribution is -2.51. The van der Waals surface area contributed by atoms with Crippen LogP contribution in [0.3, 0.4) is 0 Å². The minimum Gasteiger partial charge on any atom is -0.335 e. The summed E-state index contributed by atoms with van der Waals surface area (Å²) in [6.45, 7) is 8.01. The number of aryl methyl sites for hydroxylation is 1. The third kappa shape index (κ3) is 5.27. The number of carbonyl (C=O) groups is 1. The van der Waals surface area contributed by atoms with Gasteiger partial charge in [-0.3, -0.25) is 14.5 Å². The van der Waals surface area contributed by atoms with E-state index in [1.165, 1.54) is 44.0 Å². The third-order valence-electron chi connectivity index (χ3n) is 6.34. The van der Waals surface area contributed by atoms with Crippen molar-refractivity contribution in [2.45, 2.75) is 25.9 Å². The van der Waals surface area contributed by atoms with Gasteiger partial charge in [0.15, 0.2) is 5.69 Å². The van der Waals surface area contributed by atoms with Crippen LogP contribution in [0.15, 0.2) is 35.1 Å². The summed E-state index contributed by atoms with van der Waals surface area (Å²) in [6.07, 6.45) is -2.10. The molecular formula is C23H28F3N5O2. The summed E-state index contributed by atoms with van der Waals surface area (Å²) in [5, 5.41) is 4.09. The van der Waals surface area contributed by atoms with Gasteiger partial charge in [0.1, 0.15) is 0 Å². The van der Waals surface area contributed by atoms with Crippen LogP contribution in [0, 0.1) is 6.92 Å². The van der Waals surface area contributed by atoms with Gasteiger partial charge in [0, 0.05) is 51.0 Å². The maximum atomic E-state index is 13.5. The van der Waals surface area contributed by atoms with Gasteiger partial charge in [-0.15, -0.1) is 0 Å². The fourth-order valence-corrected chi connectivity index (χ4v) is 4.45. The molecule has 4 rings (SSSR count). The molecule has 2 aliphatic rings. The smallest absolute Gasteiger partial charge is 0.335 e. The van der Waals surface area contributed by atoms with Gasteiger partial charge in [-0.05, 0) is 45.0 Å². The lowest BCUT2D eigenvalue weighted by Gasteiger charge is -2.35. The standard InChI is InChI=1S/C23H28F3N5O2/c1-17-16-20(32)21(27-31(17)19-7-3-2-6-18(19)23(24,25)26)22(33)30-14-12-29(13-15-30)11-10-28-8-4-5-9-28/h2-3,6-7,16H,4-5,8-15H2,1H3. The number of para-hydroxylation sites is 1. The van der Waals surface area contributed by atoms with Crippen LogP contribution in [-0.2, 0) is 6.18 Å². The molecule has 7 nitrogen and oxygen atoms in total. The number of carbonyl (C=O) groups excluding carboxylic acids is 1. The first-order valence-corrected chi connectivity index (χ1v) is 11.3. The van der Waals surface area contributed by atoms with Gasteiger partial charge in [-0.2, -0.15) is 18.3 Å². The molecule has 0 spiro atoms. The number of benzene rings is 1. The molecule has 33 heavy (non-hydrogen) atoms. The van der Waals surface area contributed by atoms with Crippen molar-refractivity contribution in [3.05, 3.63) is 57.5 Å². The summed E-state index contributed by atoms with van der Waals surface area (Å²) < 4.78 is 41.6. The zero-order valence-electron chi connectivity index (χ0n) is 18.6. The molecule has 0 radical (unpaired) electrons. The minimum atomic E-state index is -4.59. The summed E-state index contributed by atoms with van der Waals surface area (Å²) in [5.41, 5.74) is -1.82. The molecule has 0 unspecified atom stereocenters. The molecule has 10 heteroatoms. The summed E-state index contributed by atoms with van der Waals surface area (Å²) in [7, 11) is 0. The van der Waals surface area contributed by atoms with Crippen LogP contribution in [0.2, 0.25) is 0 Å². The molecule has 3 heterocycles. The molecule has 2 aromatic rings. The van der Waals surface area contributed by atoms with Crippen LogP contribution in [0.5, 0.6) is 0 Å². The maximum absolute atomic E-state index is 13.5. The van der Waals surface area contributed by atoms with Crippen molar-refractivity contribution >= 4 is 5.91 Å². The van der Waals surface area contributed by atoms with Gasteiger partial charge in [-0.25, -0.2) is 4.68 Å². The molecule has 1 aromatic carbocycles. The van der Waals surface area contributed by atoms with E-state index in [0.29, 0.717) is 26.2 Å². The summed E-state index contributed by atoms with van der Waals surface area (Å²) in [6, 6.07) is 6.16. The Balaban J connectivity index is 1.50. The number of nitrogens with zero attached hydrogens (tertiary/aromatic N) is 5. The number of aromatic nitrogens is 2. The molecule has 2 aliphatic heterocycles. The van der Waals surface area contributed by atoms with Crippen molar-refractivity contribution in [1.29, 1.82) is 0 Å². The van der Waals surface area contributed by atoms with Crippen LogP contribution in [0.25, 0.3) is 5.69 Å². The minimum absolute atomic E-state index is 0.219. The number of rotatable bonds is 5. The average molecular weight is 464 g/mol. The monoisotopic (exact) mass is 463 g/mol. The predicted octanol–water partition coefficient (Wildman–Crippen LogP) is 2.41. The van der Waals surface area contributed by atoms with Crippen LogP contribution < -0.4 is 5.43 Å². The third-order valence-corrected chi connectivity index (χ3v) is 6.34. The second kappa shape index (κ2) is 9.64. The number of amides is 1. The van der Waals surface area contributed by atoms with E-state index in [4.69, 9.17) is 0 Å². The number of likely N-dealkylation sites (tertiary alicyclic amines) is 1. The fourth-order valence-electron chi connectivity index (χ4n) is 4.45. The van der Waals surface area contributed by atoms with Gasteiger partial charge in [-0.1, -0.05) is 12.1 Å². The van der Waals surface area contributed by atoms with E-state index >= 15 is 0 Å². The molecular weight excluding hydrogens is 435 g/mol. The van der Waals surface area contributed by atoms with E-state index in [0.717, 1.165) is 36.9 Å². The second-order valence-electron chi connectivity index (χ2n) is 8.61. The Morgan fingerprint density at radius 3 is 2.21 bits per heavy atom. The van der Waals surface area contributed by atoms with Crippen molar-refractivity contribution in [3.8, 4) is 5.69 Å². The Hall–Kier alpha value is -2.72. The molecule has 2 saturated heterocycles. The van der Waals surface area contributed by atoms with Gasteiger partial charge in [0.2, 0.25) is 5.43 Å². The van der Waals surface area contributed by atoms with Gasteiger partial charge in [0.25, 0.3) is 5.91 Å². The molecule has 0 bridgehead atoms. The fraction of sp³-hybridized carbons (Fsp3) is 0.522. The summed E-state index contributed by atoms with van der Waals surface area (Å²) >= 11 is 0. The number of hydrogen-bond acceptors (Lipinski definition) is 5. The van der Waals surface area contributed by atoms with Crippen molar-refractivity contribution in [2.24, 2.45) is 0 Å². The quantitative estimate of drug-likeness (QED) is 0.682. The number of alkyl halides is 3. The van der Waals surface area contributed by atoms with Crippen molar-refractivity contribution < 1.29 is 18.0 Å². The molecule has 1 aromatic heterocycles. The van der Waals surface area contributed by atoms with Gasteiger partial charge >= 0.3 is 6.18 Å². The van der Waals surface area contributed by atoms with E-state index in [1.54, 1.807) is 4.90 Å². The predicted molar refractivity (Wildman–Crippen MR) is 118 cm³/mol. The lowest BCUT2D eigenvalue weighted by molar-refractivity contribution is -0.137. The van der Waals surface area contributed by atoms with E-state index in [1.807, 2.05) is 0 Å². The molecule has 1 amide bonds. The van der Waals surface area contributed by atoms with E-state index in [2.05, 4.69) is 14.9 Å². The summed E-state index contributed by atoms with van der Waals surface area (Å²) in [4.78, 5) is 31.9. The van der Waals surface area contributed by atoms with E-state index < -0.39 is 23.1 Å². The van der Waals surface area contributed by atoms with Gasteiger partial charge < -0.3 is 9.80 Å². The topological polar surface area (TPSA) is 61.7 Å². The second-order valence-corrected chi connectivity index (χ2v) is 8.61. The molecule has 178 valence electrons. The Morgan fingerprint density at radius 2 is 1.58 bits per heavy atom. The molecule has 0 saturated carbocycles. The Morgan fingerprint density at radius 1 is 0.970 bits per heavy atom. The highest BCUT2D eigenvalue weighted by Crippen LogP contribution is 2.33. The highest BCUT2D eigenvalue weighted by molar-refractivity contribution is 5.92. The average Bonchev–Trinajstić information content (AvgIpc) is 3.31. The number of piperazine rings is 1. The zero-order chi connectivity index (χ0) is 23.6. The number of hydrogen-bond donors (Lipinski definition) is 0. The highest BCUT2D eigenvalue weighted by Gasteiger charge is 2.34. The summed E-state index contributed by atoms with van der Waals surface area (Å²) in [5.74, 6) is -0.544. The van der Waals surface area contributed by atoms with Crippen LogP contribution in [-0.4, -0.2) is 82.7 Å². The molecule has 0 N–H and O–H groups in total. The largest absolute Gasteiger partial charge is 0.418 e. The zero-order valence-corrected chi connectivity index (χ0v) is 18.6. The first-order chi connectivity index (χ1) is 15.7. The lowest BCUT2D eigenvalue weighted by atomic mass is 10.1. The molecule has 0 atom stereocenters. The maximum Gasteiger partial charge on any atom is 0.418 e. The van der Waals surface area contributed by atoms with E-state index in [-0.39, 0.29) is 17.1 Å². The Bertz CT molecular complexity index is 1050. The first kappa shape index (κ1) is 23.4. The number of halogens is 3. The Kier molecular flexibility index (Phi) is 6.85. The first-order valence-electron chi connectivity index (χ1n) is 11.3. The normalized spacial score (nSPS) is 18.1. The molecule has 0 aliphatic carbocycles. The van der Waals surface area contributed by atoms with Gasteiger partial charge in [0.05, 0.1) is 11.3 Å². The Labute approximate surface area is 190 Å². The molecule has 2 fully saturated rings. The van der Waals surface area contributed by atoms with Crippen molar-refractivity contribution in [2.75, 3.05) is 52.4 Å². The van der Waals surface area contributed by atoms with E-state index in [9.17, 15) is 22.8 Å². The van der Waals surface area contributed by atoms with Crippen LogP contribution in [0.4, 0.5) is 13.2 Å². The van der Waals surface area contributed by atoms with Crippen molar-refractivity contribution in [3.63, 3.8) is 0 Å². The SMILES string of the molecule is Cc1cc(=O)c(C(=O)N2CCN(CCN3CCCC3)CC2)nn1-c1ccccc1C(F)(F)F. The van der Waals surface area contributed by atoms with Crippen LogP contribution >= 0.6 is 0 Å². The van der Waals surface area contributed by atoms with Crippen LogP contribution in [0.1, 0.15) is 34.6 Å². The highest BCUT2D eigenvalue weighted by atomic mass is 19.4.